The predicted molar refractivity (Wildman–Crippen MR) is 77.6 cm³/mol. The molecule has 1 rings (SSSR count). The first-order valence-electron chi connectivity index (χ1n) is 7.07. The van der Waals surface area contributed by atoms with E-state index >= 15 is 0 Å². The molecule has 110 valence electrons. The first kappa shape index (κ1) is 16.2. The van der Waals surface area contributed by atoms with E-state index in [0.29, 0.717) is 5.56 Å². The molecule has 0 aliphatic carbocycles. The summed E-state index contributed by atoms with van der Waals surface area (Å²) < 4.78 is 0. The van der Waals surface area contributed by atoms with Gasteiger partial charge in [-0.15, -0.1) is 0 Å². The maximum atomic E-state index is 11.2. The molecule has 0 aliphatic rings. The maximum absolute atomic E-state index is 11.2. The van der Waals surface area contributed by atoms with Gasteiger partial charge in [0.1, 0.15) is 0 Å². The summed E-state index contributed by atoms with van der Waals surface area (Å²) in [5.74, 6) is -2.16. The Balaban J connectivity index is 2.88. The second-order valence-electron chi connectivity index (χ2n) is 5.08. The zero-order valence-electron chi connectivity index (χ0n) is 12.1. The van der Waals surface area contributed by atoms with Crippen molar-refractivity contribution in [3.8, 4) is 0 Å². The molecule has 0 saturated heterocycles. The van der Waals surface area contributed by atoms with Gasteiger partial charge in [0, 0.05) is 0 Å². The summed E-state index contributed by atoms with van der Waals surface area (Å²) in [5.41, 5.74) is 1.65. The summed E-state index contributed by atoms with van der Waals surface area (Å²) in [6, 6.07) is 2.84. The van der Waals surface area contributed by atoms with Crippen molar-refractivity contribution in [2.45, 2.75) is 52.4 Å². The van der Waals surface area contributed by atoms with Crippen LogP contribution in [0.15, 0.2) is 12.1 Å². The van der Waals surface area contributed by atoms with Gasteiger partial charge < -0.3 is 10.2 Å². The van der Waals surface area contributed by atoms with E-state index in [0.717, 1.165) is 24.8 Å². The standard InChI is InChI=1S/C16H22O4/c1-3-4-5-6-7-8-12-9-13(15(17)18)10-14(11(12)2)16(19)20/h9-10H,3-8H2,1-2H3,(H,17,18)(H,19,20). The average Bonchev–Trinajstić information content (AvgIpc) is 2.39. The summed E-state index contributed by atoms with van der Waals surface area (Å²) >= 11 is 0. The Morgan fingerprint density at radius 3 is 2.20 bits per heavy atom. The average molecular weight is 278 g/mol. The fourth-order valence-electron chi connectivity index (χ4n) is 2.30. The molecule has 1 aromatic rings. The minimum atomic E-state index is -1.08. The highest BCUT2D eigenvalue weighted by Gasteiger charge is 2.15. The third-order valence-corrected chi connectivity index (χ3v) is 3.54. The number of carboxylic acids is 2. The molecular formula is C16H22O4. The van der Waals surface area contributed by atoms with E-state index in [1.807, 2.05) is 0 Å². The first-order valence-corrected chi connectivity index (χ1v) is 7.07. The fourth-order valence-corrected chi connectivity index (χ4v) is 2.30. The van der Waals surface area contributed by atoms with E-state index < -0.39 is 11.9 Å². The van der Waals surface area contributed by atoms with Crippen LogP contribution in [0.5, 0.6) is 0 Å². The van der Waals surface area contributed by atoms with Crippen molar-refractivity contribution >= 4 is 11.9 Å². The minimum Gasteiger partial charge on any atom is -0.478 e. The van der Waals surface area contributed by atoms with Crippen molar-refractivity contribution in [3.05, 3.63) is 34.4 Å². The second-order valence-corrected chi connectivity index (χ2v) is 5.08. The van der Waals surface area contributed by atoms with Crippen LogP contribution in [-0.4, -0.2) is 22.2 Å². The monoisotopic (exact) mass is 278 g/mol. The van der Waals surface area contributed by atoms with Gasteiger partial charge in [0.2, 0.25) is 0 Å². The van der Waals surface area contributed by atoms with E-state index in [9.17, 15) is 9.59 Å². The Morgan fingerprint density at radius 1 is 1.00 bits per heavy atom. The molecular weight excluding hydrogens is 256 g/mol. The maximum Gasteiger partial charge on any atom is 0.335 e. The lowest BCUT2D eigenvalue weighted by Gasteiger charge is -2.10. The molecule has 2 N–H and O–H groups in total. The Labute approximate surface area is 119 Å². The molecule has 4 heteroatoms. The Kier molecular flexibility index (Phi) is 6.22. The van der Waals surface area contributed by atoms with Gasteiger partial charge in [0.15, 0.2) is 0 Å². The zero-order valence-corrected chi connectivity index (χ0v) is 12.1. The number of aryl methyl sites for hydroxylation is 1. The van der Waals surface area contributed by atoms with Crippen LogP contribution >= 0.6 is 0 Å². The third-order valence-electron chi connectivity index (χ3n) is 3.54. The second kappa shape index (κ2) is 7.68. The quantitative estimate of drug-likeness (QED) is 0.707. The molecule has 1 aromatic carbocycles. The van der Waals surface area contributed by atoms with Crippen LogP contribution in [0.4, 0.5) is 0 Å². The molecule has 0 aromatic heterocycles. The summed E-state index contributed by atoms with van der Waals surface area (Å²) in [5, 5.41) is 18.2. The predicted octanol–water partition coefficient (Wildman–Crippen LogP) is 3.90. The number of carboxylic acid groups (broad SMARTS) is 2. The zero-order chi connectivity index (χ0) is 15.1. The highest BCUT2D eigenvalue weighted by Crippen LogP contribution is 2.20. The molecule has 0 fully saturated rings. The molecule has 0 spiro atoms. The number of rotatable bonds is 8. The molecule has 0 heterocycles. The molecule has 0 atom stereocenters. The van der Waals surface area contributed by atoms with Crippen LogP contribution in [0.2, 0.25) is 0 Å². The smallest absolute Gasteiger partial charge is 0.335 e. The molecule has 20 heavy (non-hydrogen) atoms. The molecule has 4 nitrogen and oxygen atoms in total. The summed E-state index contributed by atoms with van der Waals surface area (Å²) in [4.78, 5) is 22.2. The fraction of sp³-hybridized carbons (Fsp3) is 0.500. The van der Waals surface area contributed by atoms with Crippen molar-refractivity contribution < 1.29 is 19.8 Å². The van der Waals surface area contributed by atoms with Crippen molar-refractivity contribution in [1.29, 1.82) is 0 Å². The highest BCUT2D eigenvalue weighted by molar-refractivity contribution is 5.95. The van der Waals surface area contributed by atoms with Crippen LogP contribution in [-0.2, 0) is 6.42 Å². The van der Waals surface area contributed by atoms with Crippen LogP contribution in [0.1, 0.15) is 70.9 Å². The van der Waals surface area contributed by atoms with Gasteiger partial charge in [-0.05, 0) is 43.0 Å². The SMILES string of the molecule is CCCCCCCc1cc(C(=O)O)cc(C(=O)O)c1C. The number of hydrogen-bond acceptors (Lipinski definition) is 2. The largest absolute Gasteiger partial charge is 0.478 e. The van der Waals surface area contributed by atoms with Gasteiger partial charge in [-0.3, -0.25) is 0 Å². The van der Waals surface area contributed by atoms with Gasteiger partial charge in [0.05, 0.1) is 11.1 Å². The lowest BCUT2D eigenvalue weighted by atomic mass is 9.94. The van der Waals surface area contributed by atoms with Crippen LogP contribution in [0.3, 0.4) is 0 Å². The van der Waals surface area contributed by atoms with Gasteiger partial charge in [0.25, 0.3) is 0 Å². The lowest BCUT2D eigenvalue weighted by Crippen LogP contribution is -2.08. The third kappa shape index (κ3) is 4.37. The molecule has 0 bridgehead atoms. The van der Waals surface area contributed by atoms with Crippen molar-refractivity contribution in [2.75, 3.05) is 0 Å². The van der Waals surface area contributed by atoms with E-state index in [1.54, 1.807) is 13.0 Å². The van der Waals surface area contributed by atoms with Gasteiger partial charge in [-0.1, -0.05) is 32.6 Å². The molecule has 0 unspecified atom stereocenters. The normalized spacial score (nSPS) is 10.5. The minimum absolute atomic E-state index is 0.0524. The van der Waals surface area contributed by atoms with Gasteiger partial charge >= 0.3 is 11.9 Å². The van der Waals surface area contributed by atoms with E-state index in [1.165, 1.54) is 25.3 Å². The van der Waals surface area contributed by atoms with E-state index in [4.69, 9.17) is 10.2 Å². The topological polar surface area (TPSA) is 74.6 Å². The highest BCUT2D eigenvalue weighted by atomic mass is 16.4. The number of carbonyl (C=O) groups is 2. The Morgan fingerprint density at radius 2 is 1.65 bits per heavy atom. The first-order chi connectivity index (χ1) is 9.47. The Hall–Kier alpha value is -1.84. The van der Waals surface area contributed by atoms with Gasteiger partial charge in [-0.25, -0.2) is 9.59 Å². The van der Waals surface area contributed by atoms with E-state index in [2.05, 4.69) is 6.92 Å². The van der Waals surface area contributed by atoms with Crippen LogP contribution < -0.4 is 0 Å². The van der Waals surface area contributed by atoms with Crippen LogP contribution in [0.25, 0.3) is 0 Å². The number of benzene rings is 1. The lowest BCUT2D eigenvalue weighted by molar-refractivity contribution is 0.0695. The molecule has 0 radical (unpaired) electrons. The summed E-state index contributed by atoms with van der Waals surface area (Å²) in [6.07, 6.45) is 6.33. The van der Waals surface area contributed by atoms with E-state index in [-0.39, 0.29) is 11.1 Å². The molecule has 0 aliphatic heterocycles. The van der Waals surface area contributed by atoms with Crippen molar-refractivity contribution in [1.82, 2.24) is 0 Å². The molecule has 0 saturated carbocycles. The number of unbranched alkanes of at least 4 members (excludes halogenated alkanes) is 4. The number of hydrogen-bond donors (Lipinski definition) is 2. The van der Waals surface area contributed by atoms with Crippen molar-refractivity contribution in [3.63, 3.8) is 0 Å². The molecule has 0 amide bonds. The van der Waals surface area contributed by atoms with Gasteiger partial charge in [-0.2, -0.15) is 0 Å². The summed E-state index contributed by atoms with van der Waals surface area (Å²) in [6.45, 7) is 3.90. The number of aromatic carboxylic acids is 2. The van der Waals surface area contributed by atoms with Crippen molar-refractivity contribution in [2.24, 2.45) is 0 Å². The van der Waals surface area contributed by atoms with Crippen LogP contribution in [0, 0.1) is 6.92 Å². The summed E-state index contributed by atoms with van der Waals surface area (Å²) in [7, 11) is 0. The Bertz CT molecular complexity index is 491.